The van der Waals surface area contributed by atoms with Gasteiger partial charge in [-0.1, -0.05) is 0 Å². The molecule has 1 amide bonds. The fraction of sp³-hybridized carbons (Fsp3) is 0.389. The van der Waals surface area contributed by atoms with Crippen molar-refractivity contribution in [3.8, 4) is 0 Å². The number of amides is 1. The van der Waals surface area contributed by atoms with Crippen molar-refractivity contribution in [3.63, 3.8) is 0 Å². The topological polar surface area (TPSA) is 79.5 Å². The quantitative estimate of drug-likeness (QED) is 0.694. The van der Waals surface area contributed by atoms with Crippen molar-refractivity contribution in [2.45, 2.75) is 26.8 Å². The molecule has 4 heterocycles. The van der Waals surface area contributed by atoms with Gasteiger partial charge >= 0.3 is 0 Å². The van der Waals surface area contributed by atoms with Crippen molar-refractivity contribution in [1.82, 2.24) is 29.5 Å². The number of anilines is 1. The summed E-state index contributed by atoms with van der Waals surface area (Å²) in [5, 5.41) is 4.24. The third-order valence-electron chi connectivity index (χ3n) is 4.75. The van der Waals surface area contributed by atoms with Crippen LogP contribution in [0.4, 0.5) is 5.82 Å². The van der Waals surface area contributed by atoms with Gasteiger partial charge < -0.3 is 9.80 Å². The lowest BCUT2D eigenvalue weighted by molar-refractivity contribution is 0.0729. The average molecular weight is 351 g/mol. The molecule has 4 rings (SSSR count). The number of nitrogens with zero attached hydrogens (tertiary/aromatic N) is 7. The summed E-state index contributed by atoms with van der Waals surface area (Å²) in [4.78, 5) is 30.4. The summed E-state index contributed by atoms with van der Waals surface area (Å²) in [6, 6.07) is 1.82. The molecule has 0 saturated heterocycles. The molecule has 0 radical (unpaired) electrons. The van der Waals surface area contributed by atoms with E-state index >= 15 is 0 Å². The highest BCUT2D eigenvalue weighted by atomic mass is 16.2. The number of carbonyl (C=O) groups excluding carboxylic acids is 1. The molecule has 0 N–H and O–H groups in total. The molecular formula is C18H21N7O. The standard InChI is InChI=1S/C18H21N7O/c1-11-14(9-19-16-5-7-20-25(11)16)18(26)24-8-6-13-15(10-24)21-12(2)22-17(13)23(3)4/h5,7,9H,6,8,10H2,1-4H3. The Morgan fingerprint density at radius 3 is 2.81 bits per heavy atom. The lowest BCUT2D eigenvalue weighted by Crippen LogP contribution is -2.38. The second kappa shape index (κ2) is 6.05. The minimum Gasteiger partial charge on any atom is -0.362 e. The van der Waals surface area contributed by atoms with Gasteiger partial charge in [0.05, 0.1) is 29.7 Å². The first-order valence-electron chi connectivity index (χ1n) is 8.58. The van der Waals surface area contributed by atoms with E-state index in [4.69, 9.17) is 0 Å². The van der Waals surface area contributed by atoms with Crippen LogP contribution in [0.25, 0.3) is 5.65 Å². The van der Waals surface area contributed by atoms with Crippen LogP contribution in [0.1, 0.15) is 33.1 Å². The highest BCUT2D eigenvalue weighted by Gasteiger charge is 2.27. The molecule has 8 nitrogen and oxygen atoms in total. The van der Waals surface area contributed by atoms with E-state index in [1.54, 1.807) is 16.9 Å². The lowest BCUT2D eigenvalue weighted by Gasteiger charge is -2.30. The van der Waals surface area contributed by atoms with Crippen LogP contribution in [-0.4, -0.2) is 56.0 Å². The van der Waals surface area contributed by atoms with Crippen LogP contribution in [0.3, 0.4) is 0 Å². The van der Waals surface area contributed by atoms with Gasteiger partial charge in [0.15, 0.2) is 5.65 Å². The monoisotopic (exact) mass is 351 g/mol. The highest BCUT2D eigenvalue weighted by Crippen LogP contribution is 2.26. The fourth-order valence-electron chi connectivity index (χ4n) is 3.45. The molecule has 3 aromatic rings. The molecule has 1 aliphatic rings. The summed E-state index contributed by atoms with van der Waals surface area (Å²) in [6.45, 7) is 4.89. The largest absolute Gasteiger partial charge is 0.362 e. The first-order chi connectivity index (χ1) is 12.5. The molecule has 0 saturated carbocycles. The minimum absolute atomic E-state index is 0.0410. The smallest absolute Gasteiger partial charge is 0.257 e. The van der Waals surface area contributed by atoms with Crippen LogP contribution in [0.15, 0.2) is 18.5 Å². The average Bonchev–Trinajstić information content (AvgIpc) is 3.09. The molecule has 0 atom stereocenters. The first-order valence-corrected chi connectivity index (χ1v) is 8.58. The van der Waals surface area contributed by atoms with Gasteiger partial charge in [-0.3, -0.25) is 4.79 Å². The Bertz CT molecular complexity index is 1010. The van der Waals surface area contributed by atoms with Crippen molar-refractivity contribution in [3.05, 3.63) is 46.8 Å². The highest BCUT2D eigenvalue weighted by molar-refractivity contribution is 5.95. The fourth-order valence-corrected chi connectivity index (χ4v) is 3.45. The maximum Gasteiger partial charge on any atom is 0.257 e. The normalized spacial score (nSPS) is 13.8. The van der Waals surface area contributed by atoms with Gasteiger partial charge in [0.1, 0.15) is 11.6 Å². The molecule has 0 aromatic carbocycles. The van der Waals surface area contributed by atoms with E-state index in [1.165, 1.54) is 0 Å². The first kappa shape index (κ1) is 16.4. The Balaban J connectivity index is 1.68. The van der Waals surface area contributed by atoms with E-state index in [1.807, 2.05) is 43.8 Å². The minimum atomic E-state index is -0.0410. The molecule has 0 unspecified atom stereocenters. The molecule has 8 heteroatoms. The SMILES string of the molecule is Cc1nc2c(c(N(C)C)n1)CCN(C(=O)c1cnc3ccnn3c1C)C2. The van der Waals surface area contributed by atoms with E-state index in [2.05, 4.69) is 20.1 Å². The maximum atomic E-state index is 13.1. The molecule has 0 spiro atoms. The van der Waals surface area contributed by atoms with Crippen molar-refractivity contribution in [1.29, 1.82) is 0 Å². The number of rotatable bonds is 2. The zero-order valence-electron chi connectivity index (χ0n) is 15.4. The molecule has 0 fully saturated rings. The lowest BCUT2D eigenvalue weighted by atomic mass is 10.0. The number of aromatic nitrogens is 5. The molecule has 1 aliphatic heterocycles. The second-order valence-corrected chi connectivity index (χ2v) is 6.75. The van der Waals surface area contributed by atoms with Gasteiger partial charge in [0.25, 0.3) is 5.91 Å². The Morgan fingerprint density at radius 1 is 1.23 bits per heavy atom. The predicted molar refractivity (Wildman–Crippen MR) is 97.3 cm³/mol. The van der Waals surface area contributed by atoms with Crippen molar-refractivity contribution in [2.24, 2.45) is 0 Å². The zero-order valence-corrected chi connectivity index (χ0v) is 15.4. The third-order valence-corrected chi connectivity index (χ3v) is 4.75. The van der Waals surface area contributed by atoms with E-state index < -0.39 is 0 Å². The van der Waals surface area contributed by atoms with Crippen molar-refractivity contribution >= 4 is 17.4 Å². The summed E-state index contributed by atoms with van der Waals surface area (Å²) in [7, 11) is 3.96. The summed E-state index contributed by atoms with van der Waals surface area (Å²) in [5.74, 6) is 1.62. The predicted octanol–water partition coefficient (Wildman–Crippen LogP) is 1.40. The van der Waals surface area contributed by atoms with Crippen LogP contribution in [0.5, 0.6) is 0 Å². The van der Waals surface area contributed by atoms with Crippen LogP contribution in [0, 0.1) is 13.8 Å². The number of hydrogen-bond acceptors (Lipinski definition) is 6. The summed E-state index contributed by atoms with van der Waals surface area (Å²) < 4.78 is 1.70. The van der Waals surface area contributed by atoms with Gasteiger partial charge in [-0.05, 0) is 20.3 Å². The molecular weight excluding hydrogens is 330 g/mol. The number of aryl methyl sites for hydroxylation is 2. The Hall–Kier alpha value is -3.03. The molecule has 134 valence electrons. The van der Waals surface area contributed by atoms with Gasteiger partial charge in [0.2, 0.25) is 0 Å². The molecule has 3 aromatic heterocycles. The summed E-state index contributed by atoms with van der Waals surface area (Å²) >= 11 is 0. The number of carbonyl (C=O) groups is 1. The molecule has 26 heavy (non-hydrogen) atoms. The van der Waals surface area contributed by atoms with Gasteiger partial charge in [-0.25, -0.2) is 19.5 Å². The van der Waals surface area contributed by atoms with Crippen LogP contribution >= 0.6 is 0 Å². The number of hydrogen-bond donors (Lipinski definition) is 0. The van der Waals surface area contributed by atoms with E-state index in [-0.39, 0.29) is 5.91 Å². The molecule has 0 aliphatic carbocycles. The van der Waals surface area contributed by atoms with Gasteiger partial charge in [0, 0.05) is 38.5 Å². The van der Waals surface area contributed by atoms with Crippen molar-refractivity contribution in [2.75, 3.05) is 25.5 Å². The van der Waals surface area contributed by atoms with E-state index in [9.17, 15) is 4.79 Å². The maximum absolute atomic E-state index is 13.1. The Kier molecular flexibility index (Phi) is 3.82. The summed E-state index contributed by atoms with van der Waals surface area (Å²) in [5.41, 5.74) is 4.16. The van der Waals surface area contributed by atoms with Crippen LogP contribution in [-0.2, 0) is 13.0 Å². The van der Waals surface area contributed by atoms with Gasteiger partial charge in [-0.2, -0.15) is 5.10 Å². The molecule has 0 bridgehead atoms. The second-order valence-electron chi connectivity index (χ2n) is 6.75. The van der Waals surface area contributed by atoms with Crippen LogP contribution in [0.2, 0.25) is 0 Å². The van der Waals surface area contributed by atoms with Crippen molar-refractivity contribution < 1.29 is 4.79 Å². The van der Waals surface area contributed by atoms with E-state index in [0.717, 1.165) is 40.7 Å². The summed E-state index contributed by atoms with van der Waals surface area (Å²) in [6.07, 6.45) is 4.06. The van der Waals surface area contributed by atoms with Gasteiger partial charge in [-0.15, -0.1) is 0 Å². The number of fused-ring (bicyclic) bond motifs is 2. The zero-order chi connectivity index (χ0) is 18.4. The van der Waals surface area contributed by atoms with Crippen LogP contribution < -0.4 is 4.90 Å². The Labute approximate surface area is 151 Å². The Morgan fingerprint density at radius 2 is 2.04 bits per heavy atom. The van der Waals surface area contributed by atoms with E-state index in [0.29, 0.717) is 18.7 Å². The third kappa shape index (κ3) is 2.58.